The standard InChI is InChI=1S/C27H35N3O5S.ClH/c1-18(2)29(27(32)33)26-15-19(3)30(20(4)31)25-10-9-23(16-24(25)26)22-7-5-21(6-8-22)17-28-11-13-36(34,35)14-12-28;/h5-10,16,18-19,26H,11-15,17H2,1-4H3,(H,32,33);1H/t19-,26+;/m0./s1. The zero-order chi connectivity index (χ0) is 26.2. The van der Waals surface area contributed by atoms with Gasteiger partial charge in [0.15, 0.2) is 9.84 Å². The van der Waals surface area contributed by atoms with E-state index < -0.39 is 15.9 Å². The summed E-state index contributed by atoms with van der Waals surface area (Å²) in [6.07, 6.45) is -0.435. The summed E-state index contributed by atoms with van der Waals surface area (Å²) in [7, 11) is -2.90. The van der Waals surface area contributed by atoms with E-state index in [1.807, 2.05) is 51.1 Å². The summed E-state index contributed by atoms with van der Waals surface area (Å²) in [5.74, 6) is 0.360. The second kappa shape index (κ2) is 11.4. The number of halogens is 1. The van der Waals surface area contributed by atoms with Crippen LogP contribution >= 0.6 is 12.4 Å². The monoisotopic (exact) mass is 549 g/mol. The number of carbonyl (C=O) groups is 2. The molecule has 0 radical (unpaired) electrons. The predicted molar refractivity (Wildman–Crippen MR) is 148 cm³/mol. The van der Waals surface area contributed by atoms with Crippen molar-refractivity contribution in [1.29, 1.82) is 0 Å². The van der Waals surface area contributed by atoms with Crippen LogP contribution in [0.25, 0.3) is 11.1 Å². The first-order chi connectivity index (χ1) is 17.0. The van der Waals surface area contributed by atoms with E-state index in [1.165, 1.54) is 4.90 Å². The number of rotatable bonds is 5. The number of fused-ring (bicyclic) bond motifs is 1. The zero-order valence-electron chi connectivity index (χ0n) is 21.8. The molecule has 4 rings (SSSR count). The van der Waals surface area contributed by atoms with E-state index in [1.54, 1.807) is 11.8 Å². The van der Waals surface area contributed by atoms with Crippen LogP contribution < -0.4 is 4.90 Å². The van der Waals surface area contributed by atoms with Crippen LogP contribution in [-0.4, -0.2) is 72.0 Å². The van der Waals surface area contributed by atoms with Gasteiger partial charge in [0.25, 0.3) is 0 Å². The summed E-state index contributed by atoms with van der Waals surface area (Å²) in [6, 6.07) is 13.4. The van der Waals surface area contributed by atoms with Crippen molar-refractivity contribution in [3.8, 4) is 11.1 Å². The fraction of sp³-hybridized carbons (Fsp3) is 0.481. The fourth-order valence-corrected chi connectivity index (χ4v) is 6.72. The lowest BCUT2D eigenvalue weighted by molar-refractivity contribution is -0.117. The molecular weight excluding hydrogens is 514 g/mol. The average molecular weight is 550 g/mol. The highest BCUT2D eigenvalue weighted by Gasteiger charge is 2.38. The first-order valence-electron chi connectivity index (χ1n) is 12.4. The molecule has 0 unspecified atom stereocenters. The summed E-state index contributed by atoms with van der Waals surface area (Å²) in [6.45, 7) is 9.06. The Balaban J connectivity index is 0.00000380. The van der Waals surface area contributed by atoms with Crippen molar-refractivity contribution in [2.75, 3.05) is 29.5 Å². The van der Waals surface area contributed by atoms with E-state index in [9.17, 15) is 23.1 Å². The van der Waals surface area contributed by atoms with Crippen molar-refractivity contribution in [2.24, 2.45) is 0 Å². The molecular formula is C27H36ClN3O5S. The molecule has 0 bridgehead atoms. The number of carboxylic acid groups (broad SMARTS) is 1. The number of hydrogen-bond donors (Lipinski definition) is 1. The number of sulfone groups is 1. The minimum atomic E-state index is -2.90. The van der Waals surface area contributed by atoms with Gasteiger partial charge in [0.1, 0.15) is 0 Å². The molecule has 2 aliphatic rings. The molecule has 1 saturated heterocycles. The lowest BCUT2D eigenvalue weighted by Crippen LogP contribution is -2.48. The molecule has 37 heavy (non-hydrogen) atoms. The molecule has 2 aromatic carbocycles. The minimum Gasteiger partial charge on any atom is -0.465 e. The Morgan fingerprint density at radius 1 is 1.05 bits per heavy atom. The first kappa shape index (κ1) is 28.9. The van der Waals surface area contributed by atoms with Gasteiger partial charge in [-0.3, -0.25) is 14.6 Å². The van der Waals surface area contributed by atoms with E-state index in [-0.39, 0.29) is 47.9 Å². The summed E-state index contributed by atoms with van der Waals surface area (Å²) < 4.78 is 23.4. The van der Waals surface area contributed by atoms with Gasteiger partial charge >= 0.3 is 6.09 Å². The Morgan fingerprint density at radius 2 is 1.65 bits per heavy atom. The number of anilines is 1. The van der Waals surface area contributed by atoms with Gasteiger partial charge in [-0.15, -0.1) is 12.4 Å². The molecule has 1 N–H and O–H groups in total. The van der Waals surface area contributed by atoms with E-state index >= 15 is 0 Å². The van der Waals surface area contributed by atoms with Crippen molar-refractivity contribution in [1.82, 2.24) is 9.80 Å². The molecule has 10 heteroatoms. The molecule has 0 spiro atoms. The predicted octanol–water partition coefficient (Wildman–Crippen LogP) is 4.58. The Bertz CT molecular complexity index is 1240. The highest BCUT2D eigenvalue weighted by atomic mass is 35.5. The van der Waals surface area contributed by atoms with Gasteiger partial charge in [-0.05, 0) is 61.6 Å². The summed E-state index contributed by atoms with van der Waals surface area (Å²) >= 11 is 0. The second-order valence-corrected chi connectivity index (χ2v) is 12.5. The molecule has 0 aliphatic carbocycles. The lowest BCUT2D eigenvalue weighted by atomic mass is 9.87. The largest absolute Gasteiger partial charge is 0.465 e. The van der Waals surface area contributed by atoms with Gasteiger partial charge in [0.2, 0.25) is 5.91 Å². The fourth-order valence-electron chi connectivity index (χ4n) is 5.44. The zero-order valence-corrected chi connectivity index (χ0v) is 23.4. The van der Waals surface area contributed by atoms with Crippen LogP contribution in [0, 0.1) is 0 Å². The van der Waals surface area contributed by atoms with Crippen molar-refractivity contribution in [2.45, 2.75) is 58.8 Å². The minimum absolute atomic E-state index is 0. The summed E-state index contributed by atoms with van der Waals surface area (Å²) in [5.41, 5.74) is 4.68. The number of benzene rings is 2. The Morgan fingerprint density at radius 3 is 2.19 bits per heavy atom. The third-order valence-electron chi connectivity index (χ3n) is 7.23. The number of carbonyl (C=O) groups excluding carboxylic acids is 1. The third-order valence-corrected chi connectivity index (χ3v) is 8.84. The molecule has 0 aromatic heterocycles. The Labute approximate surface area is 225 Å². The SMILES string of the molecule is CC(=O)N1c2ccc(-c3ccc(CN4CCS(=O)(=O)CC4)cc3)cc2[C@H](N(C(=O)O)C(C)C)C[C@@H]1C.Cl. The van der Waals surface area contributed by atoms with Gasteiger partial charge in [0, 0.05) is 44.3 Å². The smallest absolute Gasteiger partial charge is 0.408 e. The molecule has 2 heterocycles. The normalized spacial score (nSPS) is 21.2. The maximum atomic E-state index is 12.5. The van der Waals surface area contributed by atoms with Crippen LogP contribution in [-0.2, 0) is 21.2 Å². The second-order valence-electron chi connectivity index (χ2n) is 10.2. The first-order valence-corrected chi connectivity index (χ1v) is 14.3. The van der Waals surface area contributed by atoms with Crippen LogP contribution in [0.3, 0.4) is 0 Å². The highest BCUT2D eigenvalue weighted by Crippen LogP contribution is 2.43. The molecule has 0 saturated carbocycles. The van der Waals surface area contributed by atoms with Crippen molar-refractivity contribution >= 4 is 39.9 Å². The van der Waals surface area contributed by atoms with Gasteiger partial charge in [-0.25, -0.2) is 13.2 Å². The van der Waals surface area contributed by atoms with Gasteiger partial charge < -0.3 is 10.0 Å². The topological polar surface area (TPSA) is 98.2 Å². The Hall–Kier alpha value is -2.62. The van der Waals surface area contributed by atoms with Crippen molar-refractivity contribution in [3.63, 3.8) is 0 Å². The third kappa shape index (κ3) is 6.27. The van der Waals surface area contributed by atoms with E-state index in [0.29, 0.717) is 26.1 Å². The molecule has 1 fully saturated rings. The van der Waals surface area contributed by atoms with Crippen LogP contribution in [0.2, 0.25) is 0 Å². The molecule has 2 amide bonds. The number of nitrogens with zero attached hydrogens (tertiary/aromatic N) is 3. The van der Waals surface area contributed by atoms with Crippen LogP contribution in [0.5, 0.6) is 0 Å². The Kier molecular flexibility index (Phi) is 8.93. The molecule has 8 nitrogen and oxygen atoms in total. The van der Waals surface area contributed by atoms with E-state index in [0.717, 1.165) is 27.9 Å². The highest BCUT2D eigenvalue weighted by molar-refractivity contribution is 7.91. The quantitative estimate of drug-likeness (QED) is 0.586. The van der Waals surface area contributed by atoms with Gasteiger partial charge in [-0.2, -0.15) is 0 Å². The van der Waals surface area contributed by atoms with Gasteiger partial charge in [0.05, 0.1) is 17.5 Å². The van der Waals surface area contributed by atoms with Crippen LogP contribution in [0.4, 0.5) is 10.5 Å². The molecule has 202 valence electrons. The van der Waals surface area contributed by atoms with E-state index in [2.05, 4.69) is 17.0 Å². The van der Waals surface area contributed by atoms with Gasteiger partial charge in [-0.1, -0.05) is 30.3 Å². The van der Waals surface area contributed by atoms with E-state index in [4.69, 9.17) is 0 Å². The maximum absolute atomic E-state index is 12.5. The lowest BCUT2D eigenvalue weighted by Gasteiger charge is -2.43. The molecule has 2 aromatic rings. The average Bonchev–Trinajstić information content (AvgIpc) is 2.80. The van der Waals surface area contributed by atoms with Crippen molar-refractivity contribution in [3.05, 3.63) is 53.6 Å². The number of amides is 2. The summed E-state index contributed by atoms with van der Waals surface area (Å²) in [5, 5.41) is 9.97. The summed E-state index contributed by atoms with van der Waals surface area (Å²) in [4.78, 5) is 30.0. The maximum Gasteiger partial charge on any atom is 0.408 e. The van der Waals surface area contributed by atoms with Crippen LogP contribution in [0.1, 0.15) is 51.3 Å². The van der Waals surface area contributed by atoms with Crippen LogP contribution in [0.15, 0.2) is 42.5 Å². The number of hydrogen-bond acceptors (Lipinski definition) is 5. The molecule has 2 aliphatic heterocycles. The molecule has 2 atom stereocenters. The van der Waals surface area contributed by atoms with Crippen molar-refractivity contribution < 1.29 is 23.1 Å².